The molecule has 1 N–H and O–H groups in total. The van der Waals surface area contributed by atoms with Crippen LogP contribution in [-0.4, -0.2) is 41.6 Å². The summed E-state index contributed by atoms with van der Waals surface area (Å²) in [6, 6.07) is 11.8. The Balaban J connectivity index is 0.00000182. The molecule has 0 radical (unpaired) electrons. The summed E-state index contributed by atoms with van der Waals surface area (Å²) < 4.78 is 5.66. The van der Waals surface area contributed by atoms with Crippen LogP contribution in [0.5, 0.6) is 0 Å². The van der Waals surface area contributed by atoms with Crippen LogP contribution in [0.25, 0.3) is 0 Å². The Bertz CT molecular complexity index is 556. The molecule has 0 amide bonds. The molecule has 0 aliphatic carbocycles. The van der Waals surface area contributed by atoms with E-state index in [0.717, 1.165) is 24.9 Å². The molecule has 25 heavy (non-hydrogen) atoms. The number of ether oxygens (including phenoxy) is 1. The summed E-state index contributed by atoms with van der Waals surface area (Å²) in [5.74, 6) is -0.0237. The van der Waals surface area contributed by atoms with Gasteiger partial charge in [-0.3, -0.25) is 9.69 Å². The molecule has 4 nitrogen and oxygen atoms in total. The van der Waals surface area contributed by atoms with Crippen LogP contribution in [0.15, 0.2) is 30.3 Å². The highest BCUT2D eigenvalue weighted by atomic mass is 35.5. The standard InChI is InChI=1S/C20H28N2O2.ClH/c23-20(24-14-15-6-2-1-3-7-15)19-8-4-5-11-22(19)18-12-16-9-10-17(13-18)21-16;/h1-3,6-7,16-19,21H,4-5,8-14H2;1H. The minimum absolute atomic E-state index is 0. The van der Waals surface area contributed by atoms with Crippen molar-refractivity contribution in [1.29, 1.82) is 0 Å². The third-order valence-corrected chi connectivity index (χ3v) is 5.96. The van der Waals surface area contributed by atoms with Gasteiger partial charge in [-0.2, -0.15) is 0 Å². The molecule has 1 aromatic carbocycles. The van der Waals surface area contributed by atoms with E-state index in [4.69, 9.17) is 4.74 Å². The number of esters is 1. The molecule has 3 unspecified atom stereocenters. The average Bonchev–Trinajstić information content (AvgIpc) is 2.98. The molecule has 0 spiro atoms. The van der Waals surface area contributed by atoms with E-state index in [1.165, 1.54) is 32.1 Å². The molecular weight excluding hydrogens is 336 g/mol. The van der Waals surface area contributed by atoms with Gasteiger partial charge in [-0.25, -0.2) is 0 Å². The summed E-state index contributed by atoms with van der Waals surface area (Å²) in [4.78, 5) is 15.2. The van der Waals surface area contributed by atoms with Gasteiger partial charge in [0.2, 0.25) is 0 Å². The molecule has 138 valence electrons. The summed E-state index contributed by atoms with van der Waals surface area (Å²) in [6.07, 6.45) is 8.29. The van der Waals surface area contributed by atoms with Crippen LogP contribution >= 0.6 is 12.4 Å². The van der Waals surface area contributed by atoms with E-state index in [1.54, 1.807) is 0 Å². The lowest BCUT2D eigenvalue weighted by atomic mass is 9.92. The predicted molar refractivity (Wildman–Crippen MR) is 101 cm³/mol. The number of fused-ring (bicyclic) bond motifs is 2. The smallest absolute Gasteiger partial charge is 0.323 e. The molecule has 3 aliphatic heterocycles. The minimum Gasteiger partial charge on any atom is -0.460 e. The lowest BCUT2D eigenvalue weighted by Gasteiger charge is -2.43. The summed E-state index contributed by atoms with van der Waals surface area (Å²) in [5, 5.41) is 3.71. The van der Waals surface area contributed by atoms with E-state index in [2.05, 4.69) is 10.2 Å². The zero-order valence-electron chi connectivity index (χ0n) is 14.7. The maximum atomic E-state index is 12.7. The van der Waals surface area contributed by atoms with E-state index in [1.807, 2.05) is 30.3 Å². The van der Waals surface area contributed by atoms with E-state index in [-0.39, 0.29) is 24.4 Å². The number of nitrogens with one attached hydrogen (secondary N) is 1. The van der Waals surface area contributed by atoms with E-state index in [0.29, 0.717) is 24.7 Å². The van der Waals surface area contributed by atoms with Crippen molar-refractivity contribution in [2.75, 3.05) is 6.54 Å². The SMILES string of the molecule is Cl.O=C(OCc1ccccc1)C1CCCCN1C1CC2CCC(C1)N2. The first kappa shape index (κ1) is 18.7. The summed E-state index contributed by atoms with van der Waals surface area (Å²) in [6.45, 7) is 1.44. The second kappa shape index (κ2) is 8.52. The van der Waals surface area contributed by atoms with Gasteiger partial charge in [-0.15, -0.1) is 12.4 Å². The number of nitrogens with zero attached hydrogens (tertiary/aromatic N) is 1. The molecule has 3 fully saturated rings. The maximum absolute atomic E-state index is 12.7. The Morgan fingerprint density at radius 1 is 1.08 bits per heavy atom. The third-order valence-electron chi connectivity index (χ3n) is 5.96. The van der Waals surface area contributed by atoms with Crippen molar-refractivity contribution >= 4 is 18.4 Å². The van der Waals surface area contributed by atoms with Gasteiger partial charge in [0, 0.05) is 18.1 Å². The number of carbonyl (C=O) groups is 1. The Hall–Kier alpha value is -1.10. The molecular formula is C20H29ClN2O2. The Morgan fingerprint density at radius 3 is 2.52 bits per heavy atom. The van der Waals surface area contributed by atoms with Crippen LogP contribution in [-0.2, 0) is 16.1 Å². The van der Waals surface area contributed by atoms with Crippen LogP contribution in [0.4, 0.5) is 0 Å². The van der Waals surface area contributed by atoms with Crippen LogP contribution in [0.2, 0.25) is 0 Å². The zero-order chi connectivity index (χ0) is 16.4. The summed E-state index contributed by atoms with van der Waals surface area (Å²) in [7, 11) is 0. The van der Waals surface area contributed by atoms with Crippen molar-refractivity contribution in [3.8, 4) is 0 Å². The molecule has 3 heterocycles. The normalized spacial score (nSPS) is 32.0. The lowest BCUT2D eigenvalue weighted by molar-refractivity contribution is -0.154. The third kappa shape index (κ3) is 4.36. The molecule has 3 atom stereocenters. The van der Waals surface area contributed by atoms with Gasteiger partial charge in [0.1, 0.15) is 12.6 Å². The molecule has 4 rings (SSSR count). The fraction of sp³-hybridized carbons (Fsp3) is 0.650. The van der Waals surface area contributed by atoms with Crippen molar-refractivity contribution in [3.05, 3.63) is 35.9 Å². The average molecular weight is 365 g/mol. The minimum atomic E-state index is -0.0371. The highest BCUT2D eigenvalue weighted by molar-refractivity contribution is 5.85. The van der Waals surface area contributed by atoms with Gasteiger partial charge < -0.3 is 10.1 Å². The van der Waals surface area contributed by atoms with Crippen molar-refractivity contribution in [1.82, 2.24) is 10.2 Å². The van der Waals surface area contributed by atoms with E-state index < -0.39 is 0 Å². The summed E-state index contributed by atoms with van der Waals surface area (Å²) >= 11 is 0. The van der Waals surface area contributed by atoms with Crippen molar-refractivity contribution < 1.29 is 9.53 Å². The second-order valence-electron chi connectivity index (χ2n) is 7.61. The van der Waals surface area contributed by atoms with Gasteiger partial charge in [0.25, 0.3) is 0 Å². The number of likely N-dealkylation sites (tertiary alicyclic amines) is 1. The monoisotopic (exact) mass is 364 g/mol. The number of piperidine rings is 2. The van der Waals surface area contributed by atoms with Gasteiger partial charge >= 0.3 is 5.97 Å². The number of hydrogen-bond acceptors (Lipinski definition) is 4. The Labute approximate surface area is 156 Å². The molecule has 0 aromatic heterocycles. The molecule has 0 saturated carbocycles. The van der Waals surface area contributed by atoms with Crippen molar-refractivity contribution in [3.63, 3.8) is 0 Å². The van der Waals surface area contributed by atoms with Crippen LogP contribution in [0, 0.1) is 0 Å². The lowest BCUT2D eigenvalue weighted by Crippen LogP contribution is -2.55. The highest BCUT2D eigenvalue weighted by Crippen LogP contribution is 2.33. The largest absolute Gasteiger partial charge is 0.460 e. The van der Waals surface area contributed by atoms with Crippen LogP contribution in [0.3, 0.4) is 0 Å². The molecule has 3 aliphatic rings. The van der Waals surface area contributed by atoms with Crippen molar-refractivity contribution in [2.24, 2.45) is 0 Å². The van der Waals surface area contributed by atoms with E-state index in [9.17, 15) is 4.79 Å². The molecule has 1 aromatic rings. The molecule has 5 heteroatoms. The van der Waals surface area contributed by atoms with Crippen LogP contribution in [0.1, 0.15) is 50.5 Å². The number of halogens is 1. The first-order valence-corrected chi connectivity index (χ1v) is 9.52. The summed E-state index contributed by atoms with van der Waals surface area (Å²) in [5.41, 5.74) is 1.06. The van der Waals surface area contributed by atoms with Gasteiger partial charge in [0.05, 0.1) is 0 Å². The highest BCUT2D eigenvalue weighted by Gasteiger charge is 2.41. The number of hydrogen-bond donors (Lipinski definition) is 1. The van der Waals surface area contributed by atoms with Crippen molar-refractivity contribution in [2.45, 2.75) is 75.7 Å². The van der Waals surface area contributed by atoms with Gasteiger partial charge in [-0.05, 0) is 50.6 Å². The fourth-order valence-electron chi connectivity index (χ4n) is 4.77. The predicted octanol–water partition coefficient (Wildman–Crippen LogP) is 3.29. The van der Waals surface area contributed by atoms with Gasteiger partial charge in [0.15, 0.2) is 0 Å². The Morgan fingerprint density at radius 2 is 1.80 bits per heavy atom. The molecule has 2 bridgehead atoms. The zero-order valence-corrected chi connectivity index (χ0v) is 15.5. The second-order valence-corrected chi connectivity index (χ2v) is 7.61. The first-order valence-electron chi connectivity index (χ1n) is 9.52. The quantitative estimate of drug-likeness (QED) is 0.832. The van der Waals surface area contributed by atoms with E-state index >= 15 is 0 Å². The number of carbonyl (C=O) groups excluding carboxylic acids is 1. The fourth-order valence-corrected chi connectivity index (χ4v) is 4.77. The van der Waals surface area contributed by atoms with Gasteiger partial charge in [-0.1, -0.05) is 36.8 Å². The first-order chi connectivity index (χ1) is 11.8. The number of rotatable bonds is 4. The Kier molecular flexibility index (Phi) is 6.37. The number of benzene rings is 1. The van der Waals surface area contributed by atoms with Crippen LogP contribution < -0.4 is 5.32 Å². The topological polar surface area (TPSA) is 41.6 Å². The maximum Gasteiger partial charge on any atom is 0.323 e. The molecule has 3 saturated heterocycles.